The molecule has 0 saturated carbocycles. The first kappa shape index (κ1) is 7.05. The first-order valence-corrected chi connectivity index (χ1v) is 3.07. The van der Waals surface area contributed by atoms with E-state index in [1.54, 1.807) is 6.21 Å². The highest BCUT2D eigenvalue weighted by Crippen LogP contribution is 2.08. The SMILES string of the molecule is COC(=O)CC1CC=NO1. The lowest BCUT2D eigenvalue weighted by Crippen LogP contribution is -2.13. The lowest BCUT2D eigenvalue weighted by atomic mass is 10.2. The Balaban J connectivity index is 2.19. The Kier molecular flexibility index (Phi) is 2.25. The van der Waals surface area contributed by atoms with Gasteiger partial charge in [-0.3, -0.25) is 4.79 Å². The zero-order chi connectivity index (χ0) is 7.40. The predicted octanol–water partition coefficient (Wildman–Crippen LogP) is 0.324. The van der Waals surface area contributed by atoms with E-state index in [1.807, 2.05) is 0 Å². The van der Waals surface area contributed by atoms with Crippen molar-refractivity contribution in [2.24, 2.45) is 5.16 Å². The van der Waals surface area contributed by atoms with E-state index in [9.17, 15) is 4.79 Å². The molecular formula is C6H9NO3. The highest BCUT2D eigenvalue weighted by atomic mass is 16.6. The molecule has 0 aromatic heterocycles. The molecule has 1 rings (SSSR count). The second-order valence-electron chi connectivity index (χ2n) is 2.03. The molecule has 56 valence electrons. The number of hydrogen-bond acceptors (Lipinski definition) is 4. The van der Waals surface area contributed by atoms with Crippen molar-refractivity contribution in [2.45, 2.75) is 18.9 Å². The van der Waals surface area contributed by atoms with Crippen LogP contribution in [0.3, 0.4) is 0 Å². The molecule has 0 fully saturated rings. The maximum absolute atomic E-state index is 10.6. The van der Waals surface area contributed by atoms with Crippen molar-refractivity contribution in [2.75, 3.05) is 7.11 Å². The molecule has 1 aliphatic heterocycles. The lowest BCUT2D eigenvalue weighted by Gasteiger charge is -2.04. The molecule has 0 aliphatic carbocycles. The lowest BCUT2D eigenvalue weighted by molar-refractivity contribution is -0.143. The topological polar surface area (TPSA) is 47.9 Å². The van der Waals surface area contributed by atoms with Crippen LogP contribution in [-0.4, -0.2) is 25.4 Å². The first-order chi connectivity index (χ1) is 4.83. The molecule has 0 N–H and O–H groups in total. The Bertz CT molecular complexity index is 147. The third-order valence-electron chi connectivity index (χ3n) is 1.27. The quantitative estimate of drug-likeness (QED) is 0.523. The number of esters is 1. The molecule has 4 heteroatoms. The van der Waals surface area contributed by atoms with E-state index in [0.29, 0.717) is 6.42 Å². The number of carbonyl (C=O) groups excluding carboxylic acids is 1. The average molecular weight is 143 g/mol. The van der Waals surface area contributed by atoms with Crippen LogP contribution in [0.25, 0.3) is 0 Å². The van der Waals surface area contributed by atoms with E-state index in [2.05, 4.69) is 9.89 Å². The number of nitrogens with zero attached hydrogens (tertiary/aromatic N) is 1. The molecule has 0 bridgehead atoms. The average Bonchev–Trinajstić information content (AvgIpc) is 2.40. The standard InChI is InChI=1S/C6H9NO3/c1-9-6(8)4-5-2-3-7-10-5/h3,5H,2,4H2,1H3. The molecule has 4 nitrogen and oxygen atoms in total. The van der Waals surface area contributed by atoms with Gasteiger partial charge in [-0.1, -0.05) is 5.16 Å². The molecule has 1 aliphatic rings. The summed E-state index contributed by atoms with van der Waals surface area (Å²) in [5.74, 6) is -0.254. The zero-order valence-corrected chi connectivity index (χ0v) is 5.74. The summed E-state index contributed by atoms with van der Waals surface area (Å²) in [5.41, 5.74) is 0. The van der Waals surface area contributed by atoms with E-state index in [-0.39, 0.29) is 18.5 Å². The van der Waals surface area contributed by atoms with E-state index in [4.69, 9.17) is 4.84 Å². The molecule has 1 atom stereocenters. The number of hydrogen-bond donors (Lipinski definition) is 0. The molecule has 0 saturated heterocycles. The van der Waals surface area contributed by atoms with Crippen LogP contribution in [0.4, 0.5) is 0 Å². The summed E-state index contributed by atoms with van der Waals surface area (Å²) in [7, 11) is 1.36. The van der Waals surface area contributed by atoms with Crippen molar-refractivity contribution < 1.29 is 14.4 Å². The largest absolute Gasteiger partial charge is 0.469 e. The molecule has 0 aromatic rings. The minimum absolute atomic E-state index is 0.104. The first-order valence-electron chi connectivity index (χ1n) is 3.07. The van der Waals surface area contributed by atoms with Crippen molar-refractivity contribution in [3.8, 4) is 0 Å². The minimum Gasteiger partial charge on any atom is -0.469 e. The van der Waals surface area contributed by atoms with Crippen molar-refractivity contribution >= 4 is 12.2 Å². The molecule has 1 heterocycles. The van der Waals surface area contributed by atoms with Gasteiger partial charge in [0.15, 0.2) is 0 Å². The normalized spacial score (nSPS) is 22.3. The summed E-state index contributed by atoms with van der Waals surface area (Å²) in [5, 5.41) is 3.52. The monoisotopic (exact) mass is 143 g/mol. The van der Waals surface area contributed by atoms with Gasteiger partial charge in [0.05, 0.1) is 13.5 Å². The Morgan fingerprint density at radius 2 is 2.80 bits per heavy atom. The fraction of sp³-hybridized carbons (Fsp3) is 0.667. The summed E-state index contributed by atoms with van der Waals surface area (Å²) in [6.45, 7) is 0. The van der Waals surface area contributed by atoms with Gasteiger partial charge in [-0.15, -0.1) is 0 Å². The Hall–Kier alpha value is -1.06. The smallest absolute Gasteiger partial charge is 0.309 e. The summed E-state index contributed by atoms with van der Waals surface area (Å²) in [6.07, 6.45) is 2.53. The van der Waals surface area contributed by atoms with Gasteiger partial charge in [0.25, 0.3) is 0 Å². The van der Waals surface area contributed by atoms with Crippen LogP contribution in [0.15, 0.2) is 5.16 Å². The molecule has 0 amide bonds. The van der Waals surface area contributed by atoms with Gasteiger partial charge in [0, 0.05) is 12.6 Å². The van der Waals surface area contributed by atoms with E-state index >= 15 is 0 Å². The number of carbonyl (C=O) groups is 1. The van der Waals surface area contributed by atoms with Gasteiger partial charge in [0.2, 0.25) is 0 Å². The van der Waals surface area contributed by atoms with Crippen LogP contribution in [0.1, 0.15) is 12.8 Å². The van der Waals surface area contributed by atoms with Crippen molar-refractivity contribution in [1.29, 1.82) is 0 Å². The third kappa shape index (κ3) is 1.72. The third-order valence-corrected chi connectivity index (χ3v) is 1.27. The fourth-order valence-corrected chi connectivity index (χ4v) is 0.723. The number of oxime groups is 1. The maximum Gasteiger partial charge on any atom is 0.309 e. The van der Waals surface area contributed by atoms with Crippen LogP contribution in [0.2, 0.25) is 0 Å². The summed E-state index contributed by atoms with van der Waals surface area (Å²) in [4.78, 5) is 15.4. The number of methoxy groups -OCH3 is 1. The van der Waals surface area contributed by atoms with Crippen LogP contribution in [0, 0.1) is 0 Å². The Morgan fingerprint density at radius 3 is 3.30 bits per heavy atom. The van der Waals surface area contributed by atoms with Gasteiger partial charge in [-0.2, -0.15) is 0 Å². The summed E-state index contributed by atoms with van der Waals surface area (Å²) >= 11 is 0. The summed E-state index contributed by atoms with van der Waals surface area (Å²) < 4.78 is 4.44. The van der Waals surface area contributed by atoms with Gasteiger partial charge in [-0.25, -0.2) is 0 Å². The zero-order valence-electron chi connectivity index (χ0n) is 5.74. The van der Waals surface area contributed by atoms with Crippen LogP contribution >= 0.6 is 0 Å². The van der Waals surface area contributed by atoms with Gasteiger partial charge in [-0.05, 0) is 0 Å². The van der Waals surface area contributed by atoms with E-state index in [0.717, 1.165) is 0 Å². The minimum atomic E-state index is -0.254. The highest BCUT2D eigenvalue weighted by Gasteiger charge is 2.17. The van der Waals surface area contributed by atoms with Crippen LogP contribution in [-0.2, 0) is 14.4 Å². The molecule has 0 aromatic carbocycles. The molecule has 0 spiro atoms. The fourth-order valence-electron chi connectivity index (χ4n) is 0.723. The van der Waals surface area contributed by atoms with E-state index in [1.165, 1.54) is 7.11 Å². The van der Waals surface area contributed by atoms with Crippen molar-refractivity contribution in [1.82, 2.24) is 0 Å². The molecule has 10 heavy (non-hydrogen) atoms. The van der Waals surface area contributed by atoms with Crippen molar-refractivity contribution in [3.63, 3.8) is 0 Å². The Labute approximate surface area is 58.8 Å². The molecule has 0 radical (unpaired) electrons. The highest BCUT2D eigenvalue weighted by molar-refractivity contribution is 5.71. The van der Waals surface area contributed by atoms with Gasteiger partial charge in [0.1, 0.15) is 6.10 Å². The predicted molar refractivity (Wildman–Crippen MR) is 34.6 cm³/mol. The molecular weight excluding hydrogens is 134 g/mol. The van der Waals surface area contributed by atoms with E-state index < -0.39 is 0 Å². The second-order valence-corrected chi connectivity index (χ2v) is 2.03. The Morgan fingerprint density at radius 1 is 2.00 bits per heavy atom. The second kappa shape index (κ2) is 3.20. The maximum atomic E-state index is 10.6. The van der Waals surface area contributed by atoms with Crippen molar-refractivity contribution in [3.05, 3.63) is 0 Å². The molecule has 1 unspecified atom stereocenters. The number of ether oxygens (including phenoxy) is 1. The number of rotatable bonds is 2. The summed E-state index contributed by atoms with van der Waals surface area (Å²) in [6, 6.07) is 0. The van der Waals surface area contributed by atoms with Crippen LogP contribution in [0.5, 0.6) is 0 Å². The van der Waals surface area contributed by atoms with Gasteiger partial charge < -0.3 is 9.57 Å². The van der Waals surface area contributed by atoms with Gasteiger partial charge >= 0.3 is 5.97 Å². The van der Waals surface area contributed by atoms with Crippen LogP contribution < -0.4 is 0 Å².